The molecule has 0 spiro atoms. The van der Waals surface area contributed by atoms with Crippen molar-refractivity contribution in [2.24, 2.45) is 0 Å². The Morgan fingerprint density at radius 1 is 1.50 bits per heavy atom. The molecule has 1 saturated heterocycles. The van der Waals surface area contributed by atoms with Gasteiger partial charge in [0, 0.05) is 18.1 Å². The molecule has 1 aromatic rings. The second-order valence-corrected chi connectivity index (χ2v) is 5.37. The van der Waals surface area contributed by atoms with Gasteiger partial charge < -0.3 is 14.7 Å². The van der Waals surface area contributed by atoms with E-state index in [1.807, 2.05) is 0 Å². The van der Waals surface area contributed by atoms with Crippen LogP contribution < -0.4 is 4.74 Å². The minimum Gasteiger partial charge on any atom is -0.478 e. The highest BCUT2D eigenvalue weighted by Gasteiger charge is 2.39. The highest BCUT2D eigenvalue weighted by Crippen LogP contribution is 2.24. The number of β-amino-alcohol motifs (C(OH)–C–C–N with tert-alkyl or cyclic N) is 1. The molecule has 0 atom stereocenters. The van der Waals surface area contributed by atoms with Gasteiger partial charge in [-0.25, -0.2) is 0 Å². The third kappa shape index (κ3) is 2.76. The number of carbonyl (C=O) groups excluding carboxylic acids is 1. The quantitative estimate of drug-likeness (QED) is 0.909. The van der Waals surface area contributed by atoms with Crippen molar-refractivity contribution in [1.29, 1.82) is 0 Å². The van der Waals surface area contributed by atoms with Crippen LogP contribution in [-0.4, -0.2) is 40.7 Å². The zero-order valence-electron chi connectivity index (χ0n) is 10.4. The Kier molecular flexibility index (Phi) is 3.50. The van der Waals surface area contributed by atoms with Gasteiger partial charge in [0.25, 0.3) is 5.91 Å². The topological polar surface area (TPSA) is 49.8 Å². The molecule has 5 heteroatoms. The summed E-state index contributed by atoms with van der Waals surface area (Å²) < 4.78 is 5.68. The van der Waals surface area contributed by atoms with Crippen molar-refractivity contribution < 1.29 is 14.6 Å². The van der Waals surface area contributed by atoms with Gasteiger partial charge >= 0.3 is 0 Å². The van der Waals surface area contributed by atoms with E-state index in [9.17, 15) is 9.90 Å². The zero-order chi connectivity index (χ0) is 13.3. The predicted octanol–water partition coefficient (Wildman–Crippen LogP) is 1.70. The summed E-state index contributed by atoms with van der Waals surface area (Å²) in [7, 11) is 0. The lowest BCUT2D eigenvalue weighted by Crippen LogP contribution is -2.60. The van der Waals surface area contributed by atoms with Crippen molar-refractivity contribution in [1.82, 2.24) is 4.90 Å². The molecule has 0 bridgehead atoms. The maximum absolute atomic E-state index is 12.1. The highest BCUT2D eigenvalue weighted by molar-refractivity contribution is 6.30. The molecular formula is C13H16ClNO3. The van der Waals surface area contributed by atoms with E-state index in [1.54, 1.807) is 43.0 Å². The van der Waals surface area contributed by atoms with Crippen molar-refractivity contribution in [2.75, 3.05) is 13.1 Å². The molecule has 0 aromatic heterocycles. The fraction of sp³-hybridized carbons (Fsp3) is 0.462. The van der Waals surface area contributed by atoms with Gasteiger partial charge in [-0.1, -0.05) is 17.7 Å². The Hall–Kier alpha value is -1.26. The SMILES string of the molecule is CC(C)(Oc1cccc(Cl)c1)C(=O)N1CC(O)C1. The van der Waals surface area contributed by atoms with E-state index in [4.69, 9.17) is 16.3 Å². The molecule has 0 aliphatic carbocycles. The summed E-state index contributed by atoms with van der Waals surface area (Å²) in [6.07, 6.45) is -0.407. The number of ether oxygens (including phenoxy) is 1. The summed E-state index contributed by atoms with van der Waals surface area (Å²) in [4.78, 5) is 13.7. The van der Waals surface area contributed by atoms with E-state index in [2.05, 4.69) is 0 Å². The Bertz CT molecular complexity index is 455. The van der Waals surface area contributed by atoms with E-state index in [1.165, 1.54) is 0 Å². The molecule has 0 radical (unpaired) electrons. The molecule has 98 valence electrons. The van der Waals surface area contributed by atoms with Crippen molar-refractivity contribution >= 4 is 17.5 Å². The lowest BCUT2D eigenvalue weighted by molar-refractivity contribution is -0.155. The summed E-state index contributed by atoms with van der Waals surface area (Å²) >= 11 is 5.86. The van der Waals surface area contributed by atoms with Gasteiger partial charge in [-0.2, -0.15) is 0 Å². The number of rotatable bonds is 3. The van der Waals surface area contributed by atoms with Crippen LogP contribution in [0.1, 0.15) is 13.8 Å². The monoisotopic (exact) mass is 269 g/mol. The third-order valence-electron chi connectivity index (χ3n) is 2.83. The normalized spacial score (nSPS) is 16.3. The smallest absolute Gasteiger partial charge is 0.266 e. The van der Waals surface area contributed by atoms with E-state index in [-0.39, 0.29) is 5.91 Å². The van der Waals surface area contributed by atoms with Crippen LogP contribution in [0.15, 0.2) is 24.3 Å². The largest absolute Gasteiger partial charge is 0.478 e. The molecule has 1 N–H and O–H groups in total. The van der Waals surface area contributed by atoms with Crippen LogP contribution in [0.4, 0.5) is 0 Å². The molecular weight excluding hydrogens is 254 g/mol. The van der Waals surface area contributed by atoms with Crippen molar-refractivity contribution in [2.45, 2.75) is 25.6 Å². The van der Waals surface area contributed by atoms with E-state index >= 15 is 0 Å². The van der Waals surface area contributed by atoms with E-state index in [0.717, 1.165) is 0 Å². The first-order chi connectivity index (χ1) is 8.38. The fourth-order valence-electron chi connectivity index (χ4n) is 1.87. The predicted molar refractivity (Wildman–Crippen MR) is 68.7 cm³/mol. The maximum atomic E-state index is 12.1. The number of likely N-dealkylation sites (tertiary alicyclic amines) is 1. The summed E-state index contributed by atoms with van der Waals surface area (Å²) in [6.45, 7) is 4.17. The Balaban J connectivity index is 2.04. The van der Waals surface area contributed by atoms with Crippen molar-refractivity contribution in [3.63, 3.8) is 0 Å². The fourth-order valence-corrected chi connectivity index (χ4v) is 2.05. The molecule has 2 rings (SSSR count). The molecule has 1 fully saturated rings. The van der Waals surface area contributed by atoms with Crippen LogP contribution >= 0.6 is 11.6 Å². The standard InChI is InChI=1S/C13H16ClNO3/c1-13(2,12(17)15-7-10(16)8-15)18-11-5-3-4-9(14)6-11/h3-6,10,16H,7-8H2,1-2H3. The van der Waals surface area contributed by atoms with Gasteiger partial charge in [0.1, 0.15) is 5.75 Å². The average Bonchev–Trinajstić information content (AvgIpc) is 2.23. The van der Waals surface area contributed by atoms with Crippen LogP contribution in [0.25, 0.3) is 0 Å². The van der Waals surface area contributed by atoms with Gasteiger partial charge in [-0.15, -0.1) is 0 Å². The third-order valence-corrected chi connectivity index (χ3v) is 3.07. The number of aliphatic hydroxyl groups is 1. The number of amides is 1. The molecule has 1 amide bonds. The Labute approximate surface area is 111 Å². The first kappa shape index (κ1) is 13.2. The molecule has 1 aliphatic heterocycles. The maximum Gasteiger partial charge on any atom is 0.266 e. The highest BCUT2D eigenvalue weighted by atomic mass is 35.5. The number of hydrogen-bond acceptors (Lipinski definition) is 3. The van der Waals surface area contributed by atoms with Crippen LogP contribution in [-0.2, 0) is 4.79 Å². The van der Waals surface area contributed by atoms with E-state index < -0.39 is 11.7 Å². The molecule has 4 nitrogen and oxygen atoms in total. The van der Waals surface area contributed by atoms with Crippen LogP contribution in [0.2, 0.25) is 5.02 Å². The summed E-state index contributed by atoms with van der Waals surface area (Å²) in [5.74, 6) is 0.426. The second-order valence-electron chi connectivity index (χ2n) is 4.93. The van der Waals surface area contributed by atoms with Gasteiger partial charge in [0.2, 0.25) is 0 Å². The van der Waals surface area contributed by atoms with Gasteiger partial charge in [0.15, 0.2) is 5.60 Å². The summed E-state index contributed by atoms with van der Waals surface area (Å²) in [5.41, 5.74) is -0.967. The van der Waals surface area contributed by atoms with Gasteiger partial charge in [0.05, 0.1) is 6.10 Å². The van der Waals surface area contributed by atoms with Crippen molar-refractivity contribution in [3.8, 4) is 5.75 Å². The minimum atomic E-state index is -0.967. The molecule has 0 saturated carbocycles. The Morgan fingerprint density at radius 2 is 2.17 bits per heavy atom. The average molecular weight is 270 g/mol. The first-order valence-corrected chi connectivity index (χ1v) is 6.18. The number of aliphatic hydroxyl groups excluding tert-OH is 1. The Morgan fingerprint density at radius 3 is 2.72 bits per heavy atom. The zero-order valence-corrected chi connectivity index (χ0v) is 11.1. The number of nitrogens with zero attached hydrogens (tertiary/aromatic N) is 1. The van der Waals surface area contributed by atoms with Crippen LogP contribution in [0.3, 0.4) is 0 Å². The van der Waals surface area contributed by atoms with Crippen molar-refractivity contribution in [3.05, 3.63) is 29.3 Å². The molecule has 18 heavy (non-hydrogen) atoms. The number of carbonyl (C=O) groups is 1. The van der Waals surface area contributed by atoms with E-state index in [0.29, 0.717) is 23.9 Å². The lowest BCUT2D eigenvalue weighted by atomic mass is 10.0. The van der Waals surface area contributed by atoms with Gasteiger partial charge in [-0.05, 0) is 32.0 Å². The molecule has 1 aromatic carbocycles. The minimum absolute atomic E-state index is 0.132. The summed E-state index contributed by atoms with van der Waals surface area (Å²) in [5, 5.41) is 9.77. The van der Waals surface area contributed by atoms with Crippen LogP contribution in [0.5, 0.6) is 5.75 Å². The lowest BCUT2D eigenvalue weighted by Gasteiger charge is -2.40. The second kappa shape index (κ2) is 4.78. The number of hydrogen-bond donors (Lipinski definition) is 1. The molecule has 0 unspecified atom stereocenters. The first-order valence-electron chi connectivity index (χ1n) is 5.80. The van der Waals surface area contributed by atoms with Gasteiger partial charge in [-0.3, -0.25) is 4.79 Å². The molecule has 1 aliphatic rings. The number of halogens is 1. The molecule has 1 heterocycles. The van der Waals surface area contributed by atoms with Crippen LogP contribution in [0, 0.1) is 0 Å². The number of benzene rings is 1. The summed E-state index contributed by atoms with van der Waals surface area (Å²) in [6, 6.07) is 6.94.